The Bertz CT molecular complexity index is 694. The number of benzene rings is 1. The number of amides is 3. The van der Waals surface area contributed by atoms with E-state index in [0.717, 1.165) is 5.56 Å². The molecule has 0 aromatic heterocycles. The molecule has 1 aliphatic heterocycles. The van der Waals surface area contributed by atoms with Crippen molar-refractivity contribution in [1.82, 2.24) is 15.5 Å². The van der Waals surface area contributed by atoms with Gasteiger partial charge in [-0.25, -0.2) is 0 Å². The van der Waals surface area contributed by atoms with Gasteiger partial charge in [0.1, 0.15) is 18.6 Å². The fourth-order valence-electron chi connectivity index (χ4n) is 3.09. The number of nitrogens with one attached hydrogen (secondary N) is 2. The lowest BCUT2D eigenvalue weighted by atomic mass is 10.0. The van der Waals surface area contributed by atoms with Crippen molar-refractivity contribution in [3.8, 4) is 0 Å². The van der Waals surface area contributed by atoms with Crippen LogP contribution in [0, 0.1) is 0 Å². The first-order valence-corrected chi connectivity index (χ1v) is 8.75. The van der Waals surface area contributed by atoms with Crippen molar-refractivity contribution in [3.63, 3.8) is 0 Å². The fourth-order valence-corrected chi connectivity index (χ4v) is 3.09. The number of nitrogens with two attached hydrogens (primary N) is 1. The van der Waals surface area contributed by atoms with Gasteiger partial charge in [-0.15, -0.1) is 0 Å². The van der Waals surface area contributed by atoms with E-state index < -0.39 is 36.4 Å². The first kappa shape index (κ1) is 20.4. The number of hydrogen-bond donors (Lipinski definition) is 4. The molecule has 0 aliphatic carbocycles. The summed E-state index contributed by atoms with van der Waals surface area (Å²) in [6, 6.07) is 7.61. The molecule has 146 valence electrons. The largest absolute Gasteiger partial charge is 0.480 e. The van der Waals surface area contributed by atoms with Crippen LogP contribution in [0.15, 0.2) is 30.3 Å². The lowest BCUT2D eigenvalue weighted by Gasteiger charge is -2.28. The Hall–Kier alpha value is -2.94. The van der Waals surface area contributed by atoms with Crippen molar-refractivity contribution >= 4 is 23.7 Å². The summed E-state index contributed by atoms with van der Waals surface area (Å²) in [5.41, 5.74) is 6.21. The molecule has 1 aliphatic rings. The summed E-state index contributed by atoms with van der Waals surface area (Å²) in [4.78, 5) is 49.1. The minimum atomic E-state index is -1.16. The van der Waals surface area contributed by atoms with Crippen molar-refractivity contribution in [2.75, 3.05) is 19.6 Å². The maximum Gasteiger partial charge on any atom is 0.322 e. The molecular formula is C18H24N4O5. The SMILES string of the molecule is NCC(=O)N[C@@H](Cc1ccccc1)C(=O)N1CCC[C@H]1C(=O)NCC(=O)O. The van der Waals surface area contributed by atoms with Crippen molar-refractivity contribution in [1.29, 1.82) is 0 Å². The van der Waals surface area contributed by atoms with Crippen molar-refractivity contribution in [2.24, 2.45) is 5.73 Å². The molecule has 1 saturated heterocycles. The van der Waals surface area contributed by atoms with Crippen molar-refractivity contribution in [2.45, 2.75) is 31.3 Å². The Balaban J connectivity index is 2.13. The molecule has 3 amide bonds. The summed E-state index contributed by atoms with van der Waals surface area (Å²) < 4.78 is 0. The van der Waals surface area contributed by atoms with Crippen molar-refractivity contribution in [3.05, 3.63) is 35.9 Å². The molecule has 2 rings (SSSR count). The number of hydrogen-bond acceptors (Lipinski definition) is 5. The van der Waals surface area contributed by atoms with E-state index in [1.165, 1.54) is 4.90 Å². The second-order valence-corrected chi connectivity index (χ2v) is 6.32. The predicted molar refractivity (Wildman–Crippen MR) is 96.5 cm³/mol. The van der Waals surface area contributed by atoms with E-state index in [1.807, 2.05) is 30.3 Å². The third-order valence-corrected chi connectivity index (χ3v) is 4.35. The summed E-state index contributed by atoms with van der Waals surface area (Å²) in [7, 11) is 0. The van der Waals surface area contributed by atoms with E-state index >= 15 is 0 Å². The highest BCUT2D eigenvalue weighted by Crippen LogP contribution is 2.19. The number of carboxylic acid groups (broad SMARTS) is 1. The molecule has 1 heterocycles. The Morgan fingerprint density at radius 3 is 2.56 bits per heavy atom. The zero-order valence-corrected chi connectivity index (χ0v) is 14.9. The van der Waals surface area contributed by atoms with Crippen LogP contribution >= 0.6 is 0 Å². The predicted octanol–water partition coefficient (Wildman–Crippen LogP) is -1.14. The molecule has 9 heteroatoms. The van der Waals surface area contributed by atoms with Gasteiger partial charge in [-0.3, -0.25) is 19.2 Å². The van der Waals surface area contributed by atoms with Crippen LogP contribution in [0.2, 0.25) is 0 Å². The van der Waals surface area contributed by atoms with Crippen LogP contribution in [0.4, 0.5) is 0 Å². The Kier molecular flexibility index (Phi) is 7.30. The normalized spacial score (nSPS) is 17.2. The number of carbonyl (C=O) groups excluding carboxylic acids is 3. The van der Waals surface area contributed by atoms with E-state index in [0.29, 0.717) is 19.4 Å². The van der Waals surface area contributed by atoms with Gasteiger partial charge >= 0.3 is 5.97 Å². The summed E-state index contributed by atoms with van der Waals surface area (Å²) in [5.74, 6) is -2.51. The average Bonchev–Trinajstić information content (AvgIpc) is 3.15. The maximum absolute atomic E-state index is 13.0. The van der Waals surface area contributed by atoms with E-state index in [9.17, 15) is 19.2 Å². The second kappa shape index (κ2) is 9.67. The molecule has 1 aromatic carbocycles. The zero-order chi connectivity index (χ0) is 19.8. The Morgan fingerprint density at radius 1 is 1.22 bits per heavy atom. The van der Waals surface area contributed by atoms with E-state index in [4.69, 9.17) is 10.8 Å². The highest BCUT2D eigenvalue weighted by molar-refractivity contribution is 5.93. The van der Waals surface area contributed by atoms with E-state index in [1.54, 1.807) is 0 Å². The van der Waals surface area contributed by atoms with Gasteiger partial charge in [0, 0.05) is 13.0 Å². The van der Waals surface area contributed by atoms with Crippen LogP contribution in [0.25, 0.3) is 0 Å². The van der Waals surface area contributed by atoms with Crippen LogP contribution in [-0.2, 0) is 25.6 Å². The number of aliphatic carboxylic acids is 1. The van der Waals surface area contributed by atoms with Crippen LogP contribution in [0.1, 0.15) is 18.4 Å². The molecule has 1 aromatic rings. The lowest BCUT2D eigenvalue weighted by molar-refractivity contribution is -0.142. The second-order valence-electron chi connectivity index (χ2n) is 6.32. The highest BCUT2D eigenvalue weighted by Gasteiger charge is 2.37. The number of likely N-dealkylation sites (tertiary alicyclic amines) is 1. The Labute approximate surface area is 156 Å². The van der Waals surface area contributed by atoms with Gasteiger partial charge < -0.3 is 26.4 Å². The molecule has 0 unspecified atom stereocenters. The smallest absolute Gasteiger partial charge is 0.322 e. The van der Waals surface area contributed by atoms with Crippen LogP contribution < -0.4 is 16.4 Å². The molecule has 0 spiro atoms. The van der Waals surface area contributed by atoms with Gasteiger partial charge in [-0.2, -0.15) is 0 Å². The van der Waals surface area contributed by atoms with Crippen LogP contribution in [0.5, 0.6) is 0 Å². The molecule has 27 heavy (non-hydrogen) atoms. The zero-order valence-electron chi connectivity index (χ0n) is 14.9. The summed E-state index contributed by atoms with van der Waals surface area (Å²) >= 11 is 0. The minimum absolute atomic E-state index is 0.249. The quantitative estimate of drug-likeness (QED) is 0.452. The van der Waals surface area contributed by atoms with Gasteiger partial charge in [0.2, 0.25) is 17.7 Å². The first-order chi connectivity index (χ1) is 12.9. The highest BCUT2D eigenvalue weighted by atomic mass is 16.4. The first-order valence-electron chi connectivity index (χ1n) is 8.75. The number of carboxylic acids is 1. The monoisotopic (exact) mass is 376 g/mol. The van der Waals surface area contributed by atoms with Gasteiger partial charge in [-0.1, -0.05) is 30.3 Å². The molecular weight excluding hydrogens is 352 g/mol. The third-order valence-electron chi connectivity index (χ3n) is 4.35. The van der Waals surface area contributed by atoms with Gasteiger partial charge in [0.25, 0.3) is 0 Å². The number of nitrogens with zero attached hydrogens (tertiary/aromatic N) is 1. The molecule has 0 bridgehead atoms. The molecule has 0 radical (unpaired) electrons. The molecule has 5 N–H and O–H groups in total. The van der Waals surface area contributed by atoms with Crippen molar-refractivity contribution < 1.29 is 24.3 Å². The fraction of sp³-hybridized carbons (Fsp3) is 0.444. The average molecular weight is 376 g/mol. The standard InChI is InChI=1S/C18H24N4O5/c19-10-15(23)21-13(9-12-5-2-1-3-6-12)18(27)22-8-4-7-14(22)17(26)20-11-16(24)25/h1-3,5-6,13-14H,4,7-11,19H2,(H,20,26)(H,21,23)(H,24,25)/t13-,14-/m0/s1. The molecule has 1 fully saturated rings. The minimum Gasteiger partial charge on any atom is -0.480 e. The molecule has 2 atom stereocenters. The topological polar surface area (TPSA) is 142 Å². The van der Waals surface area contributed by atoms with Crippen LogP contribution in [-0.4, -0.2) is 65.4 Å². The van der Waals surface area contributed by atoms with E-state index in [2.05, 4.69) is 10.6 Å². The number of carbonyl (C=O) groups is 4. The summed E-state index contributed by atoms with van der Waals surface area (Å²) in [6.45, 7) is -0.385. The maximum atomic E-state index is 13.0. The van der Waals surface area contributed by atoms with Crippen LogP contribution in [0.3, 0.4) is 0 Å². The van der Waals surface area contributed by atoms with Gasteiger partial charge in [0.05, 0.1) is 6.54 Å². The van der Waals surface area contributed by atoms with E-state index in [-0.39, 0.29) is 18.9 Å². The van der Waals surface area contributed by atoms with Gasteiger partial charge in [-0.05, 0) is 18.4 Å². The van der Waals surface area contributed by atoms with Gasteiger partial charge in [0.15, 0.2) is 0 Å². The lowest BCUT2D eigenvalue weighted by Crippen LogP contribution is -2.55. The third kappa shape index (κ3) is 5.78. The summed E-state index contributed by atoms with van der Waals surface area (Å²) in [5, 5.41) is 13.6. The molecule has 0 saturated carbocycles. The number of rotatable bonds is 8. The Morgan fingerprint density at radius 2 is 1.93 bits per heavy atom. The summed E-state index contributed by atoms with van der Waals surface area (Å²) in [6.07, 6.45) is 1.34. The molecule has 9 nitrogen and oxygen atoms in total.